The van der Waals surface area contributed by atoms with Gasteiger partial charge in [-0.2, -0.15) is 0 Å². The first-order valence-corrected chi connectivity index (χ1v) is 9.21. The molecule has 3 rings (SSSR count). The lowest BCUT2D eigenvalue weighted by Crippen LogP contribution is -2.32. The van der Waals surface area contributed by atoms with Crippen molar-refractivity contribution in [3.8, 4) is 10.6 Å². The lowest BCUT2D eigenvalue weighted by Gasteiger charge is -2.13. The minimum Gasteiger partial charge on any atom is -0.300 e. The Morgan fingerprint density at radius 1 is 1.23 bits per heavy atom. The van der Waals surface area contributed by atoms with Crippen molar-refractivity contribution in [2.75, 3.05) is 11.9 Å². The molecule has 134 valence electrons. The number of carbonyl (C=O) groups excluding carboxylic acids is 1. The minimum atomic E-state index is -0.540. The van der Waals surface area contributed by atoms with Crippen molar-refractivity contribution in [3.63, 3.8) is 0 Å². The highest BCUT2D eigenvalue weighted by Gasteiger charge is 2.16. The largest absolute Gasteiger partial charge is 0.328 e. The quantitative estimate of drug-likeness (QED) is 0.658. The van der Waals surface area contributed by atoms with E-state index in [0.29, 0.717) is 10.1 Å². The molecule has 1 aromatic carbocycles. The Morgan fingerprint density at radius 2 is 1.96 bits per heavy atom. The Labute approximate surface area is 160 Å². The second-order valence-electron chi connectivity index (χ2n) is 5.40. The number of aryl methyl sites for hydroxylation is 1. The smallest absolute Gasteiger partial charge is 0.300 e. The van der Waals surface area contributed by atoms with Crippen molar-refractivity contribution in [3.05, 3.63) is 61.8 Å². The highest BCUT2D eigenvalue weighted by atomic mass is 79.9. The summed E-state index contributed by atoms with van der Waals surface area (Å²) in [5, 5.41) is 9.38. The second kappa shape index (κ2) is 7.75. The summed E-state index contributed by atoms with van der Waals surface area (Å²) in [6.07, 6.45) is 1.46. The van der Waals surface area contributed by atoms with Gasteiger partial charge in [-0.3, -0.25) is 19.5 Å². The molecule has 26 heavy (non-hydrogen) atoms. The van der Waals surface area contributed by atoms with E-state index in [2.05, 4.69) is 31.1 Å². The van der Waals surface area contributed by atoms with Crippen molar-refractivity contribution in [2.24, 2.45) is 0 Å². The number of nitrogens with one attached hydrogen (secondary N) is 1. The number of carbonyl (C=O) groups is 1. The van der Waals surface area contributed by atoms with Crippen molar-refractivity contribution in [1.82, 2.24) is 19.7 Å². The van der Waals surface area contributed by atoms with Crippen molar-refractivity contribution >= 4 is 38.3 Å². The lowest BCUT2D eigenvalue weighted by atomic mass is 10.2. The van der Waals surface area contributed by atoms with Gasteiger partial charge in [0.2, 0.25) is 11.0 Å². The summed E-state index contributed by atoms with van der Waals surface area (Å²) in [5.74, 6) is -0.207. The molecule has 8 nitrogen and oxygen atoms in total. The molecule has 0 bridgehead atoms. The molecule has 10 heteroatoms. The van der Waals surface area contributed by atoms with Crippen molar-refractivity contribution in [1.29, 1.82) is 0 Å². The summed E-state index contributed by atoms with van der Waals surface area (Å²) in [6.45, 7) is 0.164. The van der Waals surface area contributed by atoms with E-state index in [1.165, 1.54) is 33.1 Å². The minimum absolute atomic E-state index is 0.0929. The molecule has 0 radical (unpaired) electrons. The molecular formula is C16H14BrN5O3S. The molecule has 0 aliphatic heterocycles. The van der Waals surface area contributed by atoms with Crippen LogP contribution in [0.15, 0.2) is 50.6 Å². The summed E-state index contributed by atoms with van der Waals surface area (Å²) in [7, 11) is 1.61. The fourth-order valence-electron chi connectivity index (χ4n) is 2.17. The fraction of sp³-hybridized carbons (Fsp3) is 0.188. The molecule has 0 fully saturated rings. The number of nitrogens with zero attached hydrogens (tertiary/aromatic N) is 4. The molecule has 0 unspecified atom stereocenters. The molecule has 2 aromatic heterocycles. The standard InChI is InChI=1S/C16H14BrN5O3S/c1-21(13(24)7-9-22-8-6-12(23)18-15(22)25)16-20-19-14(26-16)10-2-4-11(17)5-3-10/h2-6,8H,7,9H2,1H3,(H,18,23,25). The van der Waals surface area contributed by atoms with Crippen LogP contribution < -0.4 is 16.1 Å². The Bertz CT molecular complexity index is 1040. The first-order valence-electron chi connectivity index (χ1n) is 7.60. The third-order valence-electron chi connectivity index (χ3n) is 3.63. The maximum atomic E-state index is 12.4. The molecule has 3 aromatic rings. The number of hydrogen-bond donors (Lipinski definition) is 1. The lowest BCUT2D eigenvalue weighted by molar-refractivity contribution is -0.118. The van der Waals surface area contributed by atoms with E-state index in [-0.39, 0.29) is 18.9 Å². The van der Waals surface area contributed by atoms with Gasteiger partial charge in [0.05, 0.1) is 0 Å². The number of H-pyrrole nitrogens is 1. The summed E-state index contributed by atoms with van der Waals surface area (Å²) in [6, 6.07) is 8.89. The van der Waals surface area contributed by atoms with Gasteiger partial charge in [-0.1, -0.05) is 39.4 Å². The predicted octanol–water partition coefficient (Wildman–Crippen LogP) is 1.87. The Hall–Kier alpha value is -2.59. The van der Waals surface area contributed by atoms with Gasteiger partial charge in [-0.25, -0.2) is 4.79 Å². The van der Waals surface area contributed by atoms with Gasteiger partial charge in [0.15, 0.2) is 0 Å². The van der Waals surface area contributed by atoms with Crippen LogP contribution in [0.1, 0.15) is 6.42 Å². The van der Waals surface area contributed by atoms with E-state index in [1.54, 1.807) is 7.05 Å². The van der Waals surface area contributed by atoms with E-state index >= 15 is 0 Å². The highest BCUT2D eigenvalue weighted by Crippen LogP contribution is 2.29. The highest BCUT2D eigenvalue weighted by molar-refractivity contribution is 9.10. The Balaban J connectivity index is 1.68. The van der Waals surface area contributed by atoms with E-state index < -0.39 is 11.2 Å². The van der Waals surface area contributed by atoms with Gasteiger partial charge in [0, 0.05) is 42.3 Å². The van der Waals surface area contributed by atoms with Crippen LogP contribution in [-0.2, 0) is 11.3 Å². The topological polar surface area (TPSA) is 101 Å². The van der Waals surface area contributed by atoms with Crippen LogP contribution in [0, 0.1) is 0 Å². The van der Waals surface area contributed by atoms with Gasteiger partial charge >= 0.3 is 5.69 Å². The summed E-state index contributed by atoms with van der Waals surface area (Å²) < 4.78 is 2.25. The monoisotopic (exact) mass is 435 g/mol. The average Bonchev–Trinajstić information content (AvgIpc) is 3.10. The molecule has 0 aliphatic rings. The number of anilines is 1. The van der Waals surface area contributed by atoms with E-state index in [9.17, 15) is 14.4 Å². The molecule has 0 spiro atoms. The number of amides is 1. The maximum Gasteiger partial charge on any atom is 0.328 e. The van der Waals surface area contributed by atoms with Crippen LogP contribution >= 0.6 is 27.3 Å². The van der Waals surface area contributed by atoms with Crippen LogP contribution in [0.3, 0.4) is 0 Å². The molecule has 0 atom stereocenters. The van der Waals surface area contributed by atoms with Gasteiger partial charge in [0.1, 0.15) is 5.01 Å². The van der Waals surface area contributed by atoms with Crippen LogP contribution in [-0.4, -0.2) is 32.7 Å². The first-order chi connectivity index (χ1) is 12.4. The van der Waals surface area contributed by atoms with Crippen LogP contribution in [0.2, 0.25) is 0 Å². The molecular weight excluding hydrogens is 422 g/mol. The van der Waals surface area contributed by atoms with Crippen LogP contribution in [0.25, 0.3) is 10.6 Å². The summed E-state index contributed by atoms with van der Waals surface area (Å²) in [4.78, 5) is 38.6. The van der Waals surface area contributed by atoms with Crippen molar-refractivity contribution in [2.45, 2.75) is 13.0 Å². The first kappa shape index (κ1) is 18.2. The average molecular weight is 436 g/mol. The third-order valence-corrected chi connectivity index (χ3v) is 5.21. The zero-order valence-electron chi connectivity index (χ0n) is 13.7. The van der Waals surface area contributed by atoms with Gasteiger partial charge in [-0.05, 0) is 12.1 Å². The predicted molar refractivity (Wildman–Crippen MR) is 102 cm³/mol. The van der Waals surface area contributed by atoms with Crippen LogP contribution in [0.5, 0.6) is 0 Å². The molecule has 2 heterocycles. The normalized spacial score (nSPS) is 10.7. The van der Waals surface area contributed by atoms with Gasteiger partial charge in [-0.15, -0.1) is 10.2 Å². The molecule has 1 amide bonds. The number of hydrogen-bond acceptors (Lipinski definition) is 6. The summed E-state index contributed by atoms with van der Waals surface area (Å²) in [5.41, 5.74) is -0.0944. The van der Waals surface area contributed by atoms with Crippen molar-refractivity contribution < 1.29 is 4.79 Å². The maximum absolute atomic E-state index is 12.4. The molecule has 1 N–H and O–H groups in total. The molecule has 0 saturated carbocycles. The Kier molecular flexibility index (Phi) is 5.43. The Morgan fingerprint density at radius 3 is 2.65 bits per heavy atom. The number of aromatic nitrogens is 4. The number of rotatable bonds is 5. The summed E-state index contributed by atoms with van der Waals surface area (Å²) >= 11 is 4.69. The number of aromatic amines is 1. The van der Waals surface area contributed by atoms with Crippen LogP contribution in [0.4, 0.5) is 5.13 Å². The molecule has 0 saturated heterocycles. The van der Waals surface area contributed by atoms with E-state index in [0.717, 1.165) is 10.0 Å². The number of halogens is 1. The van der Waals surface area contributed by atoms with E-state index in [1.807, 2.05) is 24.3 Å². The third kappa shape index (κ3) is 4.14. The second-order valence-corrected chi connectivity index (χ2v) is 7.27. The fourth-order valence-corrected chi connectivity index (χ4v) is 3.26. The SMILES string of the molecule is CN(C(=O)CCn1ccc(=O)[nH]c1=O)c1nnc(-c2ccc(Br)cc2)s1. The van der Waals surface area contributed by atoms with E-state index in [4.69, 9.17) is 0 Å². The zero-order chi connectivity index (χ0) is 18.7. The number of benzene rings is 1. The molecule has 0 aliphatic carbocycles. The van der Waals surface area contributed by atoms with Gasteiger partial charge in [0.25, 0.3) is 5.56 Å². The van der Waals surface area contributed by atoms with Gasteiger partial charge < -0.3 is 4.57 Å². The zero-order valence-corrected chi connectivity index (χ0v) is 16.1.